The fourth-order valence-electron chi connectivity index (χ4n) is 3.94. The van der Waals surface area contributed by atoms with Gasteiger partial charge in [-0.2, -0.15) is 0 Å². The third kappa shape index (κ3) is 4.41. The summed E-state index contributed by atoms with van der Waals surface area (Å²) >= 11 is 0. The number of β-amino-alcohol motifs (C(OH)–C–C–N with tert-alkyl or cyclic N) is 1. The maximum Gasteiger partial charge on any atom is 0.231 e. The molecule has 0 radical (unpaired) electrons. The van der Waals surface area contributed by atoms with Crippen LogP contribution in [0.2, 0.25) is 0 Å². The largest absolute Gasteiger partial charge is 0.497 e. The molecule has 0 bridgehead atoms. The van der Waals surface area contributed by atoms with Crippen LogP contribution in [0.1, 0.15) is 30.0 Å². The lowest BCUT2D eigenvalue weighted by Gasteiger charge is -2.27. The van der Waals surface area contributed by atoms with E-state index in [0.717, 1.165) is 42.2 Å². The molecule has 0 aliphatic carbocycles. The van der Waals surface area contributed by atoms with Crippen LogP contribution >= 0.6 is 0 Å². The third-order valence-corrected chi connectivity index (χ3v) is 5.30. The van der Waals surface area contributed by atoms with Crippen molar-refractivity contribution < 1.29 is 24.1 Å². The molecule has 6 nitrogen and oxygen atoms in total. The number of aliphatic hydroxyl groups is 1. The van der Waals surface area contributed by atoms with Gasteiger partial charge in [0.25, 0.3) is 0 Å². The second-order valence-electron chi connectivity index (χ2n) is 7.29. The Kier molecular flexibility index (Phi) is 6.00. The monoisotopic (exact) mass is 385 g/mol. The van der Waals surface area contributed by atoms with Gasteiger partial charge in [-0.15, -0.1) is 0 Å². The first-order chi connectivity index (χ1) is 13.7. The number of hydrogen-bond donors (Lipinski definition) is 1. The second-order valence-corrected chi connectivity index (χ2v) is 7.29. The summed E-state index contributed by atoms with van der Waals surface area (Å²) in [5.41, 5.74) is 2.25. The Morgan fingerprint density at radius 1 is 1.18 bits per heavy atom. The number of hydrogen-bond acceptors (Lipinski definition) is 6. The van der Waals surface area contributed by atoms with Gasteiger partial charge in [-0.05, 0) is 54.8 Å². The van der Waals surface area contributed by atoms with Crippen LogP contribution in [0.25, 0.3) is 0 Å². The molecule has 2 aliphatic heterocycles. The quantitative estimate of drug-likeness (QED) is 0.753. The highest BCUT2D eigenvalue weighted by Crippen LogP contribution is 2.34. The Bertz CT molecular complexity index is 796. The Hall–Kier alpha value is -2.28. The molecule has 2 aliphatic rings. The summed E-state index contributed by atoms with van der Waals surface area (Å²) in [6, 6.07) is 14.3. The van der Waals surface area contributed by atoms with Crippen LogP contribution in [0.3, 0.4) is 0 Å². The topological polar surface area (TPSA) is 60.4 Å². The first kappa shape index (κ1) is 19.1. The molecule has 0 aromatic heterocycles. The van der Waals surface area contributed by atoms with Gasteiger partial charge in [0.1, 0.15) is 5.75 Å². The molecule has 2 aromatic rings. The Balaban J connectivity index is 1.27. The molecule has 0 spiro atoms. The van der Waals surface area contributed by atoms with Gasteiger partial charge in [-0.1, -0.05) is 18.2 Å². The van der Waals surface area contributed by atoms with Gasteiger partial charge in [0.2, 0.25) is 6.79 Å². The average Bonchev–Trinajstić information content (AvgIpc) is 3.37. The van der Waals surface area contributed by atoms with Crippen molar-refractivity contribution in [3.8, 4) is 17.2 Å². The van der Waals surface area contributed by atoms with E-state index in [-0.39, 0.29) is 6.79 Å². The fraction of sp³-hybridized carbons (Fsp3) is 0.455. The second kappa shape index (κ2) is 8.82. The van der Waals surface area contributed by atoms with Crippen molar-refractivity contribution >= 4 is 0 Å². The molecule has 2 aromatic carbocycles. The highest BCUT2D eigenvalue weighted by Gasteiger charge is 2.27. The van der Waals surface area contributed by atoms with E-state index in [0.29, 0.717) is 25.8 Å². The number of rotatable bonds is 8. The summed E-state index contributed by atoms with van der Waals surface area (Å²) in [7, 11) is 1.69. The van der Waals surface area contributed by atoms with Crippen LogP contribution in [0.5, 0.6) is 17.2 Å². The Labute approximate surface area is 165 Å². The molecule has 1 fully saturated rings. The maximum atomic E-state index is 10.5. The zero-order valence-electron chi connectivity index (χ0n) is 16.2. The molecule has 2 heterocycles. The van der Waals surface area contributed by atoms with E-state index >= 15 is 0 Å². The molecular formula is C22H27NO5. The van der Waals surface area contributed by atoms with E-state index in [4.69, 9.17) is 18.9 Å². The first-order valence-electron chi connectivity index (χ1n) is 9.75. The molecule has 0 amide bonds. The summed E-state index contributed by atoms with van der Waals surface area (Å²) in [6.45, 7) is 2.59. The zero-order valence-corrected chi connectivity index (χ0v) is 16.2. The van der Waals surface area contributed by atoms with E-state index in [1.54, 1.807) is 7.11 Å². The highest BCUT2D eigenvalue weighted by molar-refractivity contribution is 5.44. The van der Waals surface area contributed by atoms with Crippen molar-refractivity contribution in [3.63, 3.8) is 0 Å². The average molecular weight is 385 g/mol. The van der Waals surface area contributed by atoms with Crippen LogP contribution in [0.4, 0.5) is 0 Å². The molecule has 2 unspecified atom stereocenters. The van der Waals surface area contributed by atoms with Crippen molar-refractivity contribution in [3.05, 3.63) is 53.6 Å². The zero-order chi connectivity index (χ0) is 19.3. The summed E-state index contributed by atoms with van der Waals surface area (Å²) in [5.74, 6) is 2.39. The predicted octanol–water partition coefficient (Wildman–Crippen LogP) is 3.14. The van der Waals surface area contributed by atoms with E-state index in [2.05, 4.69) is 17.0 Å². The van der Waals surface area contributed by atoms with Crippen LogP contribution in [-0.2, 0) is 11.3 Å². The number of fused-ring (bicyclic) bond motifs is 1. The number of aliphatic hydroxyl groups excluding tert-OH is 1. The lowest BCUT2D eigenvalue weighted by Crippen LogP contribution is -2.34. The van der Waals surface area contributed by atoms with Crippen molar-refractivity contribution in [1.29, 1.82) is 0 Å². The Morgan fingerprint density at radius 2 is 2.07 bits per heavy atom. The molecule has 1 N–H and O–H groups in total. The van der Waals surface area contributed by atoms with Crippen LogP contribution in [0, 0.1) is 0 Å². The number of ether oxygens (including phenoxy) is 4. The van der Waals surface area contributed by atoms with Crippen LogP contribution in [0.15, 0.2) is 42.5 Å². The van der Waals surface area contributed by atoms with Gasteiger partial charge < -0.3 is 24.1 Å². The van der Waals surface area contributed by atoms with Crippen molar-refractivity contribution in [1.82, 2.24) is 4.90 Å². The summed E-state index contributed by atoms with van der Waals surface area (Å²) in [4.78, 5) is 2.34. The minimum atomic E-state index is -0.528. The molecule has 150 valence electrons. The molecule has 2 atom stereocenters. The van der Waals surface area contributed by atoms with E-state index in [9.17, 15) is 5.11 Å². The van der Waals surface area contributed by atoms with Gasteiger partial charge in [-0.25, -0.2) is 0 Å². The summed E-state index contributed by atoms with van der Waals surface area (Å²) in [6.07, 6.45) is 1.70. The molecule has 6 heteroatoms. The van der Waals surface area contributed by atoms with Crippen LogP contribution < -0.4 is 14.2 Å². The molecule has 0 saturated carbocycles. The van der Waals surface area contributed by atoms with E-state index < -0.39 is 6.10 Å². The SMILES string of the molecule is COc1cccc(C2CCCN2CC(O)COCc2ccc3c(c2)OCO3)c1. The smallest absolute Gasteiger partial charge is 0.231 e. The van der Waals surface area contributed by atoms with Gasteiger partial charge in [0, 0.05) is 12.6 Å². The lowest BCUT2D eigenvalue weighted by molar-refractivity contribution is 0.00768. The predicted molar refractivity (Wildman–Crippen MR) is 105 cm³/mol. The molecule has 1 saturated heterocycles. The van der Waals surface area contributed by atoms with E-state index in [1.807, 2.05) is 30.3 Å². The van der Waals surface area contributed by atoms with E-state index in [1.165, 1.54) is 5.56 Å². The highest BCUT2D eigenvalue weighted by atomic mass is 16.7. The first-order valence-corrected chi connectivity index (χ1v) is 9.75. The number of methoxy groups -OCH3 is 1. The summed E-state index contributed by atoms with van der Waals surface area (Å²) < 4.78 is 21.8. The minimum Gasteiger partial charge on any atom is -0.497 e. The van der Waals surface area contributed by atoms with Crippen LogP contribution in [-0.4, -0.2) is 49.7 Å². The normalized spacial score (nSPS) is 19.7. The molecular weight excluding hydrogens is 358 g/mol. The third-order valence-electron chi connectivity index (χ3n) is 5.30. The lowest BCUT2D eigenvalue weighted by atomic mass is 10.0. The van der Waals surface area contributed by atoms with Crippen molar-refractivity contribution in [2.24, 2.45) is 0 Å². The standard InChI is InChI=1S/C22H27NO5/c1-25-19-5-2-4-17(11-19)20-6-3-9-23(20)12-18(24)14-26-13-16-7-8-21-22(10-16)28-15-27-21/h2,4-5,7-8,10-11,18,20,24H,3,6,9,12-15H2,1H3. The fourth-order valence-corrected chi connectivity index (χ4v) is 3.94. The van der Waals surface area contributed by atoms with Crippen molar-refractivity contribution in [2.75, 3.05) is 33.6 Å². The maximum absolute atomic E-state index is 10.5. The number of benzene rings is 2. The van der Waals surface area contributed by atoms with Gasteiger partial charge in [0.15, 0.2) is 11.5 Å². The molecule has 28 heavy (non-hydrogen) atoms. The van der Waals surface area contributed by atoms with Gasteiger partial charge in [-0.3, -0.25) is 4.90 Å². The minimum absolute atomic E-state index is 0.267. The number of likely N-dealkylation sites (tertiary alicyclic amines) is 1. The molecule has 4 rings (SSSR count). The van der Waals surface area contributed by atoms with Gasteiger partial charge >= 0.3 is 0 Å². The van der Waals surface area contributed by atoms with Crippen molar-refractivity contribution in [2.45, 2.75) is 31.6 Å². The summed E-state index contributed by atoms with van der Waals surface area (Å²) in [5, 5.41) is 10.5. The van der Waals surface area contributed by atoms with Gasteiger partial charge in [0.05, 0.1) is 26.4 Å². The Morgan fingerprint density at radius 3 is 2.96 bits per heavy atom. The number of nitrogens with zero attached hydrogens (tertiary/aromatic N) is 1.